The SMILES string of the molecule is O=Cc1ccc(OCCOCCOCCOCCOCCOCCOCCOCCOCCOCCNC(=O)COCC(=O)O)cc1. The minimum absolute atomic E-state index is 0.297. The van der Waals surface area contributed by atoms with E-state index < -0.39 is 18.5 Å². The van der Waals surface area contributed by atoms with Crippen LogP contribution in [-0.2, 0) is 57.0 Å². The number of carboxylic acids is 1. The minimum atomic E-state index is -1.13. The number of carboxylic acid groups (broad SMARTS) is 1. The molecule has 0 heterocycles. The maximum absolute atomic E-state index is 11.4. The topological polar surface area (TPSA) is 185 Å². The van der Waals surface area contributed by atoms with Crippen molar-refractivity contribution in [2.45, 2.75) is 0 Å². The molecule has 1 aromatic carbocycles. The van der Waals surface area contributed by atoms with Crippen LogP contribution in [0.2, 0.25) is 0 Å². The molecule has 0 unspecified atom stereocenters. The van der Waals surface area contributed by atoms with Gasteiger partial charge in [0.1, 0.15) is 31.9 Å². The molecule has 0 saturated heterocycles. The molecule has 16 heteroatoms. The number of aliphatic carboxylic acids is 1. The van der Waals surface area contributed by atoms with E-state index in [0.717, 1.165) is 6.29 Å². The molecule has 47 heavy (non-hydrogen) atoms. The first kappa shape index (κ1) is 42.3. The average Bonchev–Trinajstić information content (AvgIpc) is 3.07. The van der Waals surface area contributed by atoms with Crippen molar-refractivity contribution in [3.8, 4) is 5.75 Å². The molecule has 0 spiro atoms. The molecule has 0 saturated carbocycles. The summed E-state index contributed by atoms with van der Waals surface area (Å²) in [6.07, 6.45) is 0.790. The predicted molar refractivity (Wildman–Crippen MR) is 166 cm³/mol. The van der Waals surface area contributed by atoms with Crippen LogP contribution >= 0.6 is 0 Å². The van der Waals surface area contributed by atoms with Gasteiger partial charge >= 0.3 is 5.97 Å². The number of nitrogens with one attached hydrogen (secondary N) is 1. The van der Waals surface area contributed by atoms with Crippen molar-refractivity contribution >= 4 is 18.2 Å². The number of amides is 1. The molecule has 270 valence electrons. The quantitative estimate of drug-likeness (QED) is 0.0727. The monoisotopic (exact) mass is 677 g/mol. The second kappa shape index (κ2) is 33.1. The Hall–Kier alpha value is -2.77. The van der Waals surface area contributed by atoms with E-state index in [1.54, 1.807) is 24.3 Å². The number of carbonyl (C=O) groups is 3. The van der Waals surface area contributed by atoms with E-state index in [0.29, 0.717) is 143 Å². The molecule has 0 bridgehead atoms. The fraction of sp³-hybridized carbons (Fsp3) is 0.710. The van der Waals surface area contributed by atoms with Crippen LogP contribution in [0.1, 0.15) is 10.4 Å². The molecule has 0 radical (unpaired) electrons. The average molecular weight is 678 g/mol. The molecule has 0 aliphatic rings. The molecule has 0 aromatic heterocycles. The molecule has 0 atom stereocenters. The number of hydrogen-bond donors (Lipinski definition) is 2. The number of benzene rings is 1. The van der Waals surface area contributed by atoms with Gasteiger partial charge in [-0.15, -0.1) is 0 Å². The van der Waals surface area contributed by atoms with Crippen LogP contribution in [0.5, 0.6) is 5.75 Å². The van der Waals surface area contributed by atoms with Crippen LogP contribution in [0.4, 0.5) is 0 Å². The van der Waals surface area contributed by atoms with Crippen molar-refractivity contribution in [3.63, 3.8) is 0 Å². The van der Waals surface area contributed by atoms with Gasteiger partial charge in [0.15, 0.2) is 0 Å². The summed E-state index contributed by atoms with van der Waals surface area (Å²) in [4.78, 5) is 32.3. The summed E-state index contributed by atoms with van der Waals surface area (Å²) in [5.74, 6) is -0.832. The summed E-state index contributed by atoms with van der Waals surface area (Å²) < 4.78 is 59.0. The molecule has 0 fully saturated rings. The first-order valence-electron chi connectivity index (χ1n) is 15.6. The second-order valence-corrected chi connectivity index (χ2v) is 9.28. The van der Waals surface area contributed by atoms with E-state index in [-0.39, 0.29) is 6.61 Å². The van der Waals surface area contributed by atoms with Gasteiger partial charge in [0, 0.05) is 12.1 Å². The van der Waals surface area contributed by atoms with Crippen molar-refractivity contribution in [3.05, 3.63) is 29.8 Å². The summed E-state index contributed by atoms with van der Waals surface area (Å²) in [6, 6.07) is 6.90. The largest absolute Gasteiger partial charge is 0.491 e. The maximum Gasteiger partial charge on any atom is 0.329 e. The first-order valence-corrected chi connectivity index (χ1v) is 15.6. The first-order chi connectivity index (χ1) is 23.1. The number of hydrogen-bond acceptors (Lipinski definition) is 14. The third-order valence-electron chi connectivity index (χ3n) is 5.52. The number of aldehydes is 1. The van der Waals surface area contributed by atoms with E-state index in [1.807, 2.05) is 0 Å². The Bertz CT molecular complexity index is 875. The number of carbonyl (C=O) groups excluding carboxylic acids is 2. The summed E-state index contributed by atoms with van der Waals surface area (Å²) in [7, 11) is 0. The predicted octanol–water partition coefficient (Wildman–Crippen LogP) is 0.245. The minimum Gasteiger partial charge on any atom is -0.491 e. The van der Waals surface area contributed by atoms with Gasteiger partial charge in [-0.25, -0.2) is 4.79 Å². The van der Waals surface area contributed by atoms with Crippen molar-refractivity contribution < 1.29 is 71.6 Å². The molecular weight excluding hydrogens is 626 g/mol. The van der Waals surface area contributed by atoms with Crippen LogP contribution < -0.4 is 10.1 Å². The zero-order valence-electron chi connectivity index (χ0n) is 27.1. The van der Waals surface area contributed by atoms with Gasteiger partial charge < -0.3 is 62.5 Å². The second-order valence-electron chi connectivity index (χ2n) is 9.28. The van der Waals surface area contributed by atoms with Gasteiger partial charge in [-0.3, -0.25) is 9.59 Å². The zero-order valence-corrected chi connectivity index (χ0v) is 27.1. The Morgan fingerprint density at radius 3 is 1.23 bits per heavy atom. The van der Waals surface area contributed by atoms with Crippen molar-refractivity contribution in [1.82, 2.24) is 5.32 Å². The highest BCUT2D eigenvalue weighted by atomic mass is 16.6. The van der Waals surface area contributed by atoms with Gasteiger partial charge in [0.2, 0.25) is 5.91 Å². The molecule has 1 rings (SSSR count). The van der Waals surface area contributed by atoms with Crippen molar-refractivity contribution in [1.29, 1.82) is 0 Å². The van der Waals surface area contributed by atoms with Gasteiger partial charge in [0.05, 0.1) is 119 Å². The molecule has 1 aromatic rings. The summed E-state index contributed by atoms with van der Waals surface area (Å²) >= 11 is 0. The zero-order chi connectivity index (χ0) is 33.9. The molecule has 2 N–H and O–H groups in total. The number of rotatable bonds is 36. The van der Waals surface area contributed by atoms with Gasteiger partial charge in [-0.2, -0.15) is 0 Å². The normalized spacial score (nSPS) is 11.1. The lowest BCUT2D eigenvalue weighted by Gasteiger charge is -2.09. The number of ether oxygens (including phenoxy) is 11. The lowest BCUT2D eigenvalue weighted by Crippen LogP contribution is -2.31. The summed E-state index contributed by atoms with van der Waals surface area (Å²) in [5, 5.41) is 11.0. The lowest BCUT2D eigenvalue weighted by atomic mass is 10.2. The molecular formula is C31H51NO15. The smallest absolute Gasteiger partial charge is 0.329 e. The third-order valence-corrected chi connectivity index (χ3v) is 5.52. The van der Waals surface area contributed by atoms with Crippen molar-refractivity contribution in [2.24, 2.45) is 0 Å². The lowest BCUT2D eigenvalue weighted by molar-refractivity contribution is -0.143. The highest BCUT2D eigenvalue weighted by molar-refractivity contribution is 5.77. The highest BCUT2D eigenvalue weighted by Crippen LogP contribution is 2.10. The molecule has 0 aliphatic heterocycles. The Morgan fingerprint density at radius 1 is 0.511 bits per heavy atom. The van der Waals surface area contributed by atoms with E-state index in [4.69, 9.17) is 52.5 Å². The summed E-state index contributed by atoms with van der Waals surface area (Å²) in [6.45, 7) is 7.94. The van der Waals surface area contributed by atoms with Gasteiger partial charge in [-0.1, -0.05) is 0 Å². The summed E-state index contributed by atoms with van der Waals surface area (Å²) in [5.41, 5.74) is 0.610. The van der Waals surface area contributed by atoms with Crippen LogP contribution in [-0.4, -0.2) is 169 Å². The van der Waals surface area contributed by atoms with Gasteiger partial charge in [-0.05, 0) is 24.3 Å². The highest BCUT2D eigenvalue weighted by Gasteiger charge is 2.03. The fourth-order valence-corrected chi connectivity index (χ4v) is 3.27. The van der Waals surface area contributed by atoms with Crippen molar-refractivity contribution in [2.75, 3.05) is 145 Å². The van der Waals surface area contributed by atoms with E-state index >= 15 is 0 Å². The van der Waals surface area contributed by atoms with E-state index in [1.165, 1.54) is 0 Å². The molecule has 16 nitrogen and oxygen atoms in total. The molecule has 0 aliphatic carbocycles. The Kier molecular flexibility index (Phi) is 29.8. The van der Waals surface area contributed by atoms with Crippen LogP contribution in [0, 0.1) is 0 Å². The van der Waals surface area contributed by atoms with Crippen LogP contribution in [0.3, 0.4) is 0 Å². The Labute approximate surface area is 276 Å². The Morgan fingerprint density at radius 2 is 0.872 bits per heavy atom. The van der Waals surface area contributed by atoms with Crippen LogP contribution in [0.25, 0.3) is 0 Å². The fourth-order valence-electron chi connectivity index (χ4n) is 3.27. The molecule has 1 amide bonds. The van der Waals surface area contributed by atoms with E-state index in [9.17, 15) is 14.4 Å². The standard InChI is InChI=1S/C31H51NO15/c33-25-28-1-3-29(4-2-28)47-24-23-45-22-21-44-20-19-43-18-17-42-16-15-41-14-13-40-12-11-39-10-9-38-8-7-37-6-5-32-30(34)26-46-27-31(35)36/h1-4,25H,5-24,26-27H2,(H,32,34)(H,35,36). The van der Waals surface area contributed by atoms with E-state index in [2.05, 4.69) is 10.1 Å². The van der Waals surface area contributed by atoms with Crippen LogP contribution in [0.15, 0.2) is 24.3 Å². The Balaban J connectivity index is 1.66. The third kappa shape index (κ3) is 30.3. The van der Waals surface area contributed by atoms with Gasteiger partial charge in [0.25, 0.3) is 0 Å². The maximum atomic E-state index is 11.4.